The summed E-state index contributed by atoms with van der Waals surface area (Å²) in [5, 5.41) is 7.12. The van der Waals surface area contributed by atoms with Gasteiger partial charge >= 0.3 is 6.18 Å². The van der Waals surface area contributed by atoms with Crippen LogP contribution < -0.4 is 21.5 Å². The summed E-state index contributed by atoms with van der Waals surface area (Å²) in [6.07, 6.45) is 4.28. The number of unbranched alkanes of at least 4 members (excludes halogenated alkanes) is 1. The maximum atomic E-state index is 13.0. The molecule has 1 aromatic heterocycles. The van der Waals surface area contributed by atoms with E-state index in [0.717, 1.165) is 29.7 Å². The fourth-order valence-corrected chi connectivity index (χ4v) is 4.54. The molecule has 1 amide bonds. The van der Waals surface area contributed by atoms with Gasteiger partial charge in [-0.2, -0.15) is 13.2 Å². The molecule has 41 heavy (non-hydrogen) atoms. The molecule has 2 aromatic carbocycles. The molecule has 0 spiro atoms. The third-order valence-corrected chi connectivity index (χ3v) is 6.61. The van der Waals surface area contributed by atoms with Crippen molar-refractivity contribution in [2.24, 2.45) is 5.84 Å². The van der Waals surface area contributed by atoms with Crippen molar-refractivity contribution in [2.75, 3.05) is 31.1 Å². The number of hydrogen-bond acceptors (Lipinski definition) is 6. The van der Waals surface area contributed by atoms with Crippen LogP contribution in [0.3, 0.4) is 0 Å². The van der Waals surface area contributed by atoms with Crippen molar-refractivity contribution in [1.82, 2.24) is 10.3 Å². The lowest BCUT2D eigenvalue weighted by Gasteiger charge is -2.31. The number of rotatable bonds is 14. The molecule has 1 heterocycles. The topological polar surface area (TPSA) is 100 Å². The van der Waals surface area contributed by atoms with Crippen LogP contribution in [0.25, 0.3) is 5.70 Å². The van der Waals surface area contributed by atoms with E-state index in [2.05, 4.69) is 15.6 Å². The van der Waals surface area contributed by atoms with Gasteiger partial charge in [0, 0.05) is 37.2 Å². The second-order valence-electron chi connectivity index (χ2n) is 9.03. The number of hydrogen-bond donors (Lipinski definition) is 3. The van der Waals surface area contributed by atoms with Gasteiger partial charge in [0.15, 0.2) is 0 Å². The highest BCUT2D eigenvalue weighted by Gasteiger charge is 2.33. The lowest BCUT2D eigenvalue weighted by molar-refractivity contribution is -0.137. The number of halogens is 4. The summed E-state index contributed by atoms with van der Waals surface area (Å²) in [5.74, 6) is 6.38. The summed E-state index contributed by atoms with van der Waals surface area (Å²) in [6, 6.07) is 15.7. The monoisotopic (exact) mass is 573 g/mol. The Morgan fingerprint density at radius 3 is 2.29 bits per heavy atom. The molecule has 1 atom stereocenters. The molecule has 0 radical (unpaired) electrons. The predicted octanol–water partition coefficient (Wildman–Crippen LogP) is 5.89. The largest absolute Gasteiger partial charge is 0.416 e. The average molecular weight is 574 g/mol. The summed E-state index contributed by atoms with van der Waals surface area (Å²) in [4.78, 5) is 27.6. The molecular weight excluding hydrogens is 538 g/mol. The number of nitrogens with two attached hydrogens (primary N) is 1. The van der Waals surface area contributed by atoms with Gasteiger partial charge in [-0.05, 0) is 73.7 Å². The number of amides is 1. The maximum Gasteiger partial charge on any atom is 0.416 e. The zero-order valence-corrected chi connectivity index (χ0v) is 23.0. The second kappa shape index (κ2) is 16.1. The highest BCUT2D eigenvalue weighted by Crippen LogP contribution is 2.37. The molecule has 0 bridgehead atoms. The number of benzene rings is 2. The van der Waals surface area contributed by atoms with Gasteiger partial charge in [0.05, 0.1) is 29.5 Å². The zero-order valence-electron chi connectivity index (χ0n) is 23.0. The number of para-hydroxylation sites is 1. The van der Waals surface area contributed by atoms with E-state index in [1.54, 1.807) is 25.5 Å². The number of anilines is 2. The molecule has 3 aromatic rings. The highest BCUT2D eigenvalue weighted by molar-refractivity contribution is 5.78. The van der Waals surface area contributed by atoms with E-state index in [9.17, 15) is 27.2 Å². The van der Waals surface area contributed by atoms with Crippen LogP contribution in [0.2, 0.25) is 0 Å². The summed E-state index contributed by atoms with van der Waals surface area (Å²) in [7, 11) is 2.29. The number of alkyl halides is 4. The third-order valence-electron chi connectivity index (χ3n) is 6.61. The number of allylic oxidation sites excluding steroid dienone is 1. The fraction of sp³-hybridized carbons (Fsp3) is 0.300. The van der Waals surface area contributed by atoms with Crippen molar-refractivity contribution in [3.8, 4) is 0 Å². The smallest absolute Gasteiger partial charge is 0.388 e. The molecule has 3 rings (SSSR count). The van der Waals surface area contributed by atoms with Crippen LogP contribution in [-0.4, -0.2) is 38.5 Å². The minimum Gasteiger partial charge on any atom is -0.388 e. The van der Waals surface area contributed by atoms with Gasteiger partial charge in [0.25, 0.3) is 0 Å². The number of carbonyl (C=O) groups is 2. The van der Waals surface area contributed by atoms with E-state index in [4.69, 9.17) is 5.84 Å². The number of pyridine rings is 1. The Balaban J connectivity index is 0.00000287. The Bertz CT molecular complexity index is 1250. The van der Waals surface area contributed by atoms with Gasteiger partial charge in [-0.25, -0.2) is 5.84 Å². The van der Waals surface area contributed by atoms with Gasteiger partial charge in [0.2, 0.25) is 6.41 Å². The normalized spacial score (nSPS) is 12.8. The minimum atomic E-state index is -4.45. The first kappa shape index (κ1) is 33.0. The Morgan fingerprint density at radius 1 is 1.00 bits per heavy atom. The molecule has 0 aliphatic carbocycles. The van der Waals surface area contributed by atoms with Crippen LogP contribution in [0.1, 0.15) is 42.4 Å². The SMILES string of the molecule is CF.CNc1ccccc1C(C=O)(CCC/C=C(/c1cccnc1)N(N)c1ccc(C(F)(F)F)cc1)CCNC=O. The van der Waals surface area contributed by atoms with E-state index in [-0.39, 0.29) is 0 Å². The van der Waals surface area contributed by atoms with Crippen LogP contribution in [0.4, 0.5) is 28.9 Å². The summed E-state index contributed by atoms with van der Waals surface area (Å²) in [6.45, 7) is 0.335. The zero-order chi connectivity index (χ0) is 30.3. The first-order valence-corrected chi connectivity index (χ1v) is 12.9. The quantitative estimate of drug-likeness (QED) is 0.0731. The average Bonchev–Trinajstić information content (AvgIpc) is 3.01. The van der Waals surface area contributed by atoms with Crippen LogP contribution in [-0.2, 0) is 21.2 Å². The van der Waals surface area contributed by atoms with Crippen LogP contribution in [0, 0.1) is 0 Å². The van der Waals surface area contributed by atoms with Gasteiger partial charge < -0.3 is 15.4 Å². The molecule has 0 saturated carbocycles. The summed E-state index contributed by atoms with van der Waals surface area (Å²) < 4.78 is 48.6. The highest BCUT2D eigenvalue weighted by atomic mass is 19.4. The number of nitrogens with zero attached hydrogens (tertiary/aromatic N) is 2. The van der Waals surface area contributed by atoms with E-state index in [1.807, 2.05) is 36.4 Å². The first-order valence-electron chi connectivity index (χ1n) is 12.9. The lowest BCUT2D eigenvalue weighted by Crippen LogP contribution is -2.33. The molecule has 11 heteroatoms. The molecule has 0 fully saturated rings. The van der Waals surface area contributed by atoms with E-state index in [0.29, 0.717) is 62.8 Å². The van der Waals surface area contributed by atoms with Crippen LogP contribution >= 0.6 is 0 Å². The minimum absolute atomic E-state index is 0.335. The maximum absolute atomic E-state index is 13.0. The number of nitrogens with one attached hydrogen (secondary N) is 2. The van der Waals surface area contributed by atoms with Crippen molar-refractivity contribution in [1.29, 1.82) is 0 Å². The lowest BCUT2D eigenvalue weighted by atomic mass is 9.74. The van der Waals surface area contributed by atoms with Crippen LogP contribution in [0.15, 0.2) is 79.1 Å². The second-order valence-corrected chi connectivity index (χ2v) is 9.03. The Hall–Kier alpha value is -4.25. The number of aromatic nitrogens is 1. The number of hydrazine groups is 1. The Kier molecular flexibility index (Phi) is 13.0. The molecule has 7 nitrogen and oxygen atoms in total. The van der Waals surface area contributed by atoms with E-state index >= 15 is 0 Å². The predicted molar refractivity (Wildman–Crippen MR) is 154 cm³/mol. The van der Waals surface area contributed by atoms with Crippen molar-refractivity contribution in [2.45, 2.75) is 37.3 Å². The molecule has 0 aliphatic heterocycles. The summed E-state index contributed by atoms with van der Waals surface area (Å²) >= 11 is 0. The van der Waals surface area contributed by atoms with E-state index < -0.39 is 17.2 Å². The molecule has 1 unspecified atom stereocenters. The van der Waals surface area contributed by atoms with Crippen molar-refractivity contribution >= 4 is 29.8 Å². The molecule has 0 saturated heterocycles. The molecular formula is C30H35F4N5O2. The van der Waals surface area contributed by atoms with Crippen molar-refractivity contribution < 1.29 is 27.2 Å². The fourth-order valence-electron chi connectivity index (χ4n) is 4.54. The first-order chi connectivity index (χ1) is 19.8. The molecule has 220 valence electrons. The Morgan fingerprint density at radius 2 is 1.71 bits per heavy atom. The van der Waals surface area contributed by atoms with Gasteiger partial charge in [-0.3, -0.25) is 19.2 Å². The van der Waals surface area contributed by atoms with Crippen LogP contribution in [0.5, 0.6) is 0 Å². The Labute approximate surface area is 237 Å². The van der Waals surface area contributed by atoms with Gasteiger partial charge in [-0.15, -0.1) is 0 Å². The van der Waals surface area contributed by atoms with Crippen molar-refractivity contribution in [3.05, 3.63) is 95.8 Å². The van der Waals surface area contributed by atoms with E-state index in [1.165, 1.54) is 17.1 Å². The molecule has 4 N–H and O–H groups in total. The standard InChI is InChI=1S/C29H32F3N5O2.CH3F/c1-34-26-9-3-2-8-25(26)28(20-38,16-18-36-21-39)15-5-4-10-27(22-7-6-17-35-19-22)37(33)24-13-11-23(12-14-24)29(30,31)32;1-2/h2-3,6-14,17,19-21,34H,4-5,15-16,18,33H2,1H3,(H,36,39);1H3/b27-10-;. The van der Waals surface area contributed by atoms with Gasteiger partial charge in [0.1, 0.15) is 6.29 Å². The third kappa shape index (κ3) is 8.87. The number of carbonyl (C=O) groups excluding carboxylic acids is 2. The summed E-state index contributed by atoms with van der Waals surface area (Å²) in [5.41, 5.74) is 1.71. The van der Waals surface area contributed by atoms with Gasteiger partial charge in [-0.1, -0.05) is 24.3 Å². The number of aldehydes is 1. The van der Waals surface area contributed by atoms with Crippen molar-refractivity contribution in [3.63, 3.8) is 0 Å². The molecule has 0 aliphatic rings.